The number of pyridine rings is 1. The van der Waals surface area contributed by atoms with Crippen molar-refractivity contribution in [3.8, 4) is 0 Å². The molecule has 0 bridgehead atoms. The van der Waals surface area contributed by atoms with Crippen molar-refractivity contribution in [2.45, 2.75) is 20.4 Å². The van der Waals surface area contributed by atoms with Crippen LogP contribution in [0.25, 0.3) is 21.7 Å². The minimum Gasteiger partial charge on any atom is -0.383 e. The Bertz CT molecular complexity index is 1300. The van der Waals surface area contributed by atoms with Crippen LogP contribution in [-0.2, 0) is 6.54 Å². The van der Waals surface area contributed by atoms with Crippen molar-refractivity contribution >= 4 is 33.3 Å². The van der Waals surface area contributed by atoms with Crippen LogP contribution < -0.4 is 16.2 Å². The van der Waals surface area contributed by atoms with Crippen molar-refractivity contribution in [2.75, 3.05) is 18.4 Å². The van der Waals surface area contributed by atoms with Gasteiger partial charge < -0.3 is 10.6 Å². The van der Waals surface area contributed by atoms with Gasteiger partial charge in [-0.25, -0.2) is 4.68 Å². The number of benzene rings is 2. The molecule has 0 saturated heterocycles. The van der Waals surface area contributed by atoms with E-state index < -0.39 is 0 Å². The van der Waals surface area contributed by atoms with E-state index in [1.807, 2.05) is 44.2 Å². The third-order valence-corrected chi connectivity index (χ3v) is 4.95. The molecule has 152 valence electrons. The summed E-state index contributed by atoms with van der Waals surface area (Å²) < 4.78 is 1.32. The van der Waals surface area contributed by atoms with Crippen molar-refractivity contribution in [1.82, 2.24) is 20.1 Å². The molecule has 0 aliphatic carbocycles. The van der Waals surface area contributed by atoms with Gasteiger partial charge in [0.25, 0.3) is 11.5 Å². The zero-order valence-corrected chi connectivity index (χ0v) is 17.0. The summed E-state index contributed by atoms with van der Waals surface area (Å²) in [6, 6.07) is 17.0. The normalized spacial score (nSPS) is 11.0. The van der Waals surface area contributed by atoms with Gasteiger partial charge in [0.2, 0.25) is 0 Å². The van der Waals surface area contributed by atoms with Crippen LogP contribution in [0.3, 0.4) is 0 Å². The van der Waals surface area contributed by atoms with Gasteiger partial charge in [-0.1, -0.05) is 36.4 Å². The molecule has 0 saturated carbocycles. The van der Waals surface area contributed by atoms with E-state index >= 15 is 0 Å². The summed E-state index contributed by atoms with van der Waals surface area (Å²) in [7, 11) is 0. The summed E-state index contributed by atoms with van der Waals surface area (Å²) in [5, 5.41) is 12.6. The SMILES string of the molecule is CCn1nc(C(=O)NCCNc2cc(C)nc3ccccc23)c2ccccc2c1=O. The van der Waals surface area contributed by atoms with E-state index in [9.17, 15) is 9.59 Å². The van der Waals surface area contributed by atoms with Crippen LogP contribution in [0.4, 0.5) is 5.69 Å². The van der Waals surface area contributed by atoms with Gasteiger partial charge in [-0.3, -0.25) is 14.6 Å². The predicted molar refractivity (Wildman–Crippen MR) is 119 cm³/mol. The number of hydrogen-bond donors (Lipinski definition) is 2. The number of fused-ring (bicyclic) bond motifs is 2. The molecule has 7 nitrogen and oxygen atoms in total. The first kappa shape index (κ1) is 19.6. The monoisotopic (exact) mass is 401 g/mol. The lowest BCUT2D eigenvalue weighted by molar-refractivity contribution is 0.0949. The first-order valence-corrected chi connectivity index (χ1v) is 9.97. The van der Waals surface area contributed by atoms with E-state index in [-0.39, 0.29) is 17.2 Å². The van der Waals surface area contributed by atoms with Crippen molar-refractivity contribution in [2.24, 2.45) is 0 Å². The quantitative estimate of drug-likeness (QED) is 0.485. The first-order valence-electron chi connectivity index (χ1n) is 9.97. The minimum atomic E-state index is -0.300. The Morgan fingerprint density at radius 2 is 1.70 bits per heavy atom. The minimum absolute atomic E-state index is 0.189. The molecule has 0 radical (unpaired) electrons. The Morgan fingerprint density at radius 1 is 1.00 bits per heavy atom. The van der Waals surface area contributed by atoms with Crippen molar-refractivity contribution in [3.05, 3.63) is 76.3 Å². The Labute approximate surface area is 173 Å². The van der Waals surface area contributed by atoms with Gasteiger partial charge in [0.1, 0.15) is 0 Å². The summed E-state index contributed by atoms with van der Waals surface area (Å²) in [6.45, 7) is 5.15. The number of rotatable bonds is 6. The molecular weight excluding hydrogens is 378 g/mol. The summed E-state index contributed by atoms with van der Waals surface area (Å²) in [5.74, 6) is -0.300. The highest BCUT2D eigenvalue weighted by atomic mass is 16.2. The van der Waals surface area contributed by atoms with E-state index in [1.165, 1.54) is 4.68 Å². The molecule has 4 aromatic rings. The van der Waals surface area contributed by atoms with Crippen molar-refractivity contribution < 1.29 is 4.79 Å². The molecule has 2 N–H and O–H groups in total. The Kier molecular flexibility index (Phi) is 5.43. The van der Waals surface area contributed by atoms with Gasteiger partial charge in [0.15, 0.2) is 5.69 Å². The molecule has 2 heterocycles. The number of carbonyl (C=O) groups is 1. The Morgan fingerprint density at radius 3 is 2.47 bits per heavy atom. The molecule has 0 unspecified atom stereocenters. The van der Waals surface area contributed by atoms with Crippen molar-refractivity contribution in [1.29, 1.82) is 0 Å². The number of hydrogen-bond acceptors (Lipinski definition) is 5. The van der Waals surface area contributed by atoms with E-state index in [1.54, 1.807) is 24.3 Å². The average Bonchev–Trinajstić information content (AvgIpc) is 2.76. The molecule has 2 aromatic carbocycles. The second-order valence-corrected chi connectivity index (χ2v) is 7.03. The lowest BCUT2D eigenvalue weighted by Crippen LogP contribution is -2.32. The van der Waals surface area contributed by atoms with Gasteiger partial charge in [-0.15, -0.1) is 0 Å². The highest BCUT2D eigenvalue weighted by Gasteiger charge is 2.15. The number of para-hydroxylation sites is 1. The summed E-state index contributed by atoms with van der Waals surface area (Å²) in [5.41, 5.74) is 2.92. The van der Waals surface area contributed by atoms with Gasteiger partial charge >= 0.3 is 0 Å². The number of aryl methyl sites for hydroxylation is 2. The molecule has 1 amide bonds. The van der Waals surface area contributed by atoms with E-state index in [2.05, 4.69) is 20.7 Å². The second kappa shape index (κ2) is 8.32. The summed E-state index contributed by atoms with van der Waals surface area (Å²) in [6.07, 6.45) is 0. The van der Waals surface area contributed by atoms with Crippen molar-refractivity contribution in [3.63, 3.8) is 0 Å². The van der Waals surface area contributed by atoms with Crippen LogP contribution in [0, 0.1) is 6.92 Å². The Hall–Kier alpha value is -3.74. The number of nitrogens with zero attached hydrogens (tertiary/aromatic N) is 3. The van der Waals surface area contributed by atoms with E-state index in [0.29, 0.717) is 30.4 Å². The smallest absolute Gasteiger partial charge is 0.274 e. The third-order valence-electron chi connectivity index (χ3n) is 4.95. The number of nitrogens with one attached hydrogen (secondary N) is 2. The molecule has 2 aromatic heterocycles. The van der Waals surface area contributed by atoms with Crippen LogP contribution in [0.2, 0.25) is 0 Å². The molecule has 0 spiro atoms. The number of amides is 1. The number of aromatic nitrogens is 3. The molecule has 0 aliphatic rings. The second-order valence-electron chi connectivity index (χ2n) is 7.03. The fraction of sp³-hybridized carbons (Fsp3) is 0.217. The highest BCUT2D eigenvalue weighted by Crippen LogP contribution is 2.22. The van der Waals surface area contributed by atoms with E-state index in [4.69, 9.17) is 0 Å². The predicted octanol–water partition coefficient (Wildman–Crippen LogP) is 3.11. The van der Waals surface area contributed by atoms with Gasteiger partial charge in [-0.2, -0.15) is 5.10 Å². The highest BCUT2D eigenvalue weighted by molar-refractivity contribution is 6.04. The topological polar surface area (TPSA) is 88.9 Å². The largest absolute Gasteiger partial charge is 0.383 e. The number of anilines is 1. The Balaban J connectivity index is 1.49. The fourth-order valence-corrected chi connectivity index (χ4v) is 3.53. The maximum atomic E-state index is 12.8. The van der Waals surface area contributed by atoms with Crippen LogP contribution >= 0.6 is 0 Å². The molecule has 0 atom stereocenters. The zero-order chi connectivity index (χ0) is 21.1. The maximum Gasteiger partial charge on any atom is 0.274 e. The summed E-state index contributed by atoms with van der Waals surface area (Å²) >= 11 is 0. The van der Waals surface area contributed by atoms with Crippen LogP contribution in [-0.4, -0.2) is 33.8 Å². The van der Waals surface area contributed by atoms with Gasteiger partial charge in [0.05, 0.1) is 10.9 Å². The molecule has 4 rings (SSSR count). The number of carbonyl (C=O) groups excluding carboxylic acids is 1. The fourth-order valence-electron chi connectivity index (χ4n) is 3.53. The lowest BCUT2D eigenvalue weighted by atomic mass is 10.1. The van der Waals surface area contributed by atoms with Crippen LogP contribution in [0.5, 0.6) is 0 Å². The summed E-state index contributed by atoms with van der Waals surface area (Å²) in [4.78, 5) is 29.8. The van der Waals surface area contributed by atoms with Gasteiger partial charge in [0, 0.05) is 41.8 Å². The molecule has 7 heteroatoms. The van der Waals surface area contributed by atoms with Crippen LogP contribution in [0.1, 0.15) is 23.1 Å². The first-order chi connectivity index (χ1) is 14.6. The molecular formula is C23H23N5O2. The zero-order valence-electron chi connectivity index (χ0n) is 17.0. The maximum absolute atomic E-state index is 12.8. The average molecular weight is 401 g/mol. The van der Waals surface area contributed by atoms with Crippen LogP contribution in [0.15, 0.2) is 59.4 Å². The molecule has 30 heavy (non-hydrogen) atoms. The molecule has 0 fully saturated rings. The van der Waals surface area contributed by atoms with Gasteiger partial charge in [-0.05, 0) is 32.0 Å². The lowest BCUT2D eigenvalue weighted by Gasteiger charge is -2.12. The third kappa shape index (κ3) is 3.74. The molecule has 0 aliphatic heterocycles. The standard InChI is InChI=1S/C23H23N5O2/c1-3-28-23(30)17-9-5-4-8-16(17)21(27-28)22(29)25-13-12-24-20-14-15(2)26-19-11-7-6-10-18(19)20/h4-11,14H,3,12-13H2,1-2H3,(H,24,26)(H,25,29). The van der Waals surface area contributed by atoms with E-state index in [0.717, 1.165) is 22.3 Å².